The zero-order chi connectivity index (χ0) is 57.9. The number of aliphatic hydroxyl groups is 10. The summed E-state index contributed by atoms with van der Waals surface area (Å²) in [5.74, 6) is -3.85. The predicted octanol–water partition coefficient (Wildman–Crippen LogP) is 3.52. The van der Waals surface area contributed by atoms with Crippen LogP contribution < -0.4 is 11.1 Å². The number of ketones is 3. The molecule has 3 rings (SSSR count). The lowest BCUT2D eigenvalue weighted by atomic mass is 9.88. The molecule has 2 heterocycles. The summed E-state index contributed by atoms with van der Waals surface area (Å²) in [7, 11) is 1.77. The zero-order valence-corrected chi connectivity index (χ0v) is 45.7. The predicted molar refractivity (Wildman–Crippen MR) is 294 cm³/mol. The number of anilines is 1. The summed E-state index contributed by atoms with van der Waals surface area (Å²) >= 11 is 0. The second-order valence-corrected chi connectivity index (χ2v) is 20.9. The first-order valence-corrected chi connectivity index (χ1v) is 27.1. The van der Waals surface area contributed by atoms with E-state index in [1.165, 1.54) is 6.92 Å². The average Bonchev–Trinajstić information content (AvgIpc) is 3.38. The van der Waals surface area contributed by atoms with Crippen molar-refractivity contribution >= 4 is 29.0 Å². The third-order valence-corrected chi connectivity index (χ3v) is 14.0. The molecule has 2 aliphatic rings. The maximum absolute atomic E-state index is 13.3. The lowest BCUT2D eigenvalue weighted by molar-refractivity contribution is -0.279. The lowest BCUT2D eigenvalue weighted by Crippen LogP contribution is -2.61. The van der Waals surface area contributed by atoms with Crippen LogP contribution in [0.3, 0.4) is 0 Å². The average molecular weight is 1100 g/mol. The van der Waals surface area contributed by atoms with Crippen molar-refractivity contribution in [1.29, 1.82) is 0 Å². The summed E-state index contributed by atoms with van der Waals surface area (Å²) in [5.41, 5.74) is 7.27. The molecule has 19 heteroatoms. The number of carbonyl (C=O) groups excluding carboxylic acids is 4. The number of benzene rings is 1. The number of Topliss-reactive ketones (excluding diaryl/α,β-unsaturated/α-hetero) is 3. The minimum Gasteiger partial charge on any atom is -0.461 e. The Balaban J connectivity index is 1.79. The number of hydrogen-bond acceptors (Lipinski definition) is 19. The molecular weight excluding hydrogens is 1010 g/mol. The molecule has 13 N–H and O–H groups in total. The van der Waals surface area contributed by atoms with E-state index in [1.54, 1.807) is 105 Å². The smallest absolute Gasteiger partial charge is 0.308 e. The topological polar surface area (TPSA) is 336 Å². The quantitative estimate of drug-likeness (QED) is 0.0906. The molecule has 0 radical (unpaired) electrons. The van der Waals surface area contributed by atoms with Crippen molar-refractivity contribution in [2.45, 2.75) is 196 Å². The number of aliphatic hydroxyl groups excluding tert-OH is 10. The Morgan fingerprint density at radius 2 is 1.15 bits per heavy atom. The maximum Gasteiger partial charge on any atom is 0.308 e. The molecule has 0 saturated carbocycles. The van der Waals surface area contributed by atoms with Gasteiger partial charge < -0.3 is 76.3 Å². The number of carbonyl (C=O) groups is 4. The zero-order valence-electron chi connectivity index (χ0n) is 45.7. The number of nitrogens with two attached hydrogens (primary N) is 1. The molecule has 436 valence electrons. The number of hydrogen-bond donors (Lipinski definition) is 12. The molecule has 0 aliphatic carbocycles. The van der Waals surface area contributed by atoms with Crippen LogP contribution in [-0.2, 0) is 28.6 Å². The number of allylic oxidation sites excluding steroid dienone is 12. The minimum atomic E-state index is -1.51. The second kappa shape index (κ2) is 35.7. The molecule has 19 nitrogen and oxygen atoms in total. The van der Waals surface area contributed by atoms with E-state index in [0.717, 1.165) is 5.69 Å². The van der Waals surface area contributed by atoms with Crippen molar-refractivity contribution in [3.05, 3.63) is 115 Å². The Morgan fingerprint density at radius 1 is 0.654 bits per heavy atom. The van der Waals surface area contributed by atoms with Gasteiger partial charge in [-0.25, -0.2) is 0 Å². The SMILES string of the molecule is CNc1ccc(C(=O)C[C@H](O)CC[C@H](C)[C@H]2OC(=O)C[C@@H](O)C[C@@H](O)C[C@H](O)C[C@H](O)C[C@@H](O)CC(=O)CC(=O)C[C@@H](O)[C@H](C)[C@H](O)C[C@@H](O[C@H]3O[C@H](C)[C@@H](N)[C@H](O)[C@@H]3O)C=CC=CC=CC=CC=CC=CC=C[C@@H]2C)cc1. The number of cyclic esters (lactones) is 1. The van der Waals surface area contributed by atoms with Crippen molar-refractivity contribution in [2.24, 2.45) is 23.5 Å². The van der Waals surface area contributed by atoms with Gasteiger partial charge >= 0.3 is 5.97 Å². The molecule has 0 unspecified atom stereocenters. The van der Waals surface area contributed by atoms with Gasteiger partial charge in [-0.3, -0.25) is 19.2 Å². The molecule has 1 saturated heterocycles. The number of esters is 1. The van der Waals surface area contributed by atoms with Crippen LogP contribution in [0.1, 0.15) is 115 Å². The van der Waals surface area contributed by atoms with E-state index in [0.29, 0.717) is 12.0 Å². The van der Waals surface area contributed by atoms with Crippen LogP contribution in [0.2, 0.25) is 0 Å². The third-order valence-electron chi connectivity index (χ3n) is 14.0. The highest BCUT2D eigenvalue weighted by molar-refractivity contribution is 5.99. The Kier molecular flexibility index (Phi) is 30.9. The minimum absolute atomic E-state index is 0.0936. The monoisotopic (exact) mass is 1100 g/mol. The van der Waals surface area contributed by atoms with Crippen LogP contribution in [0.15, 0.2) is 109 Å². The highest BCUT2D eigenvalue weighted by atomic mass is 16.7. The molecule has 1 aromatic carbocycles. The highest BCUT2D eigenvalue weighted by Crippen LogP contribution is 2.28. The molecule has 0 amide bonds. The van der Waals surface area contributed by atoms with Crippen LogP contribution >= 0.6 is 0 Å². The van der Waals surface area contributed by atoms with E-state index in [4.69, 9.17) is 19.9 Å². The van der Waals surface area contributed by atoms with Crippen LogP contribution in [0.4, 0.5) is 5.69 Å². The summed E-state index contributed by atoms with van der Waals surface area (Å²) in [4.78, 5) is 51.9. The summed E-state index contributed by atoms with van der Waals surface area (Å²) in [6, 6.07) is 6.05. The normalized spacial score (nSPS) is 33.6. The fourth-order valence-electron chi connectivity index (χ4n) is 9.17. The van der Waals surface area contributed by atoms with Gasteiger partial charge in [0.15, 0.2) is 12.1 Å². The Labute approximate surface area is 459 Å². The molecule has 2 aliphatic heterocycles. The van der Waals surface area contributed by atoms with E-state index in [-0.39, 0.29) is 62.6 Å². The van der Waals surface area contributed by atoms with Gasteiger partial charge in [-0.15, -0.1) is 0 Å². The molecule has 0 spiro atoms. The van der Waals surface area contributed by atoms with Crippen LogP contribution in [-0.4, -0.2) is 173 Å². The fourth-order valence-corrected chi connectivity index (χ4v) is 9.17. The first-order chi connectivity index (χ1) is 37.0. The van der Waals surface area contributed by atoms with Gasteiger partial charge in [-0.1, -0.05) is 106 Å². The van der Waals surface area contributed by atoms with Crippen molar-refractivity contribution < 1.29 is 84.5 Å². The molecule has 1 fully saturated rings. The first kappa shape index (κ1) is 67.4. The molecule has 1 aromatic rings. The van der Waals surface area contributed by atoms with Gasteiger partial charge in [-0.2, -0.15) is 0 Å². The van der Waals surface area contributed by atoms with Gasteiger partial charge in [-0.05, 0) is 75.6 Å². The molecule has 78 heavy (non-hydrogen) atoms. The van der Waals surface area contributed by atoms with Crippen molar-refractivity contribution in [2.75, 3.05) is 12.4 Å². The van der Waals surface area contributed by atoms with E-state index < -0.39 is 141 Å². The molecule has 0 bridgehead atoms. The van der Waals surface area contributed by atoms with E-state index in [9.17, 15) is 70.2 Å². The van der Waals surface area contributed by atoms with Crippen LogP contribution in [0, 0.1) is 17.8 Å². The van der Waals surface area contributed by atoms with Gasteiger partial charge in [0, 0.05) is 55.8 Å². The highest BCUT2D eigenvalue weighted by Gasteiger charge is 2.42. The first-order valence-electron chi connectivity index (χ1n) is 27.1. The number of rotatable bonds is 10. The Morgan fingerprint density at radius 3 is 1.71 bits per heavy atom. The molecule has 0 aromatic heterocycles. The summed E-state index contributed by atoms with van der Waals surface area (Å²) in [6.45, 7) is 6.85. The largest absolute Gasteiger partial charge is 0.461 e. The lowest BCUT2D eigenvalue weighted by Gasteiger charge is -2.41. The Bertz CT molecular complexity index is 2180. The van der Waals surface area contributed by atoms with Gasteiger partial charge in [0.1, 0.15) is 29.9 Å². The fraction of sp³-hybridized carbons (Fsp3) is 0.593. The van der Waals surface area contributed by atoms with Crippen molar-refractivity contribution in [1.82, 2.24) is 0 Å². The van der Waals surface area contributed by atoms with Crippen LogP contribution in [0.5, 0.6) is 0 Å². The third kappa shape index (κ3) is 25.5. The van der Waals surface area contributed by atoms with Gasteiger partial charge in [0.05, 0.1) is 79.9 Å². The summed E-state index contributed by atoms with van der Waals surface area (Å²) in [6.07, 6.45) is 4.79. The standard InChI is InChI=1S/C59H88N2O17/c1-36-18-16-14-12-10-8-6-7-9-11-13-15-17-19-50(77-59-57(75)56(74)55(60)39(4)76-59)35-52(71)38(3)51(70)33-48(68)30-46(66)28-44(64)26-43(63)27-45(65)29-47(67)31-49(69)34-54(73)78-58(36)37(2)20-25-42(62)32-53(72)40-21-23-41(61-5)24-22-40/h6-19,21-24,36-39,42-45,47,49-52,55-59,61-65,67,69-71,74-75H,20,25-35,60H2,1-5H3/t36-,37-,38-,39+,42+,43+,44+,45+,47-,49-,50-,51+,52+,55+,56-,57-,58-,59+/m0/s1. The van der Waals surface area contributed by atoms with Gasteiger partial charge in [0.2, 0.25) is 0 Å². The van der Waals surface area contributed by atoms with Crippen molar-refractivity contribution in [3.8, 4) is 0 Å². The van der Waals surface area contributed by atoms with Gasteiger partial charge in [0.25, 0.3) is 0 Å². The summed E-state index contributed by atoms with van der Waals surface area (Å²) < 4.78 is 17.7. The van der Waals surface area contributed by atoms with E-state index >= 15 is 0 Å². The number of nitrogens with one attached hydrogen (secondary N) is 1. The molecule has 18 atom stereocenters. The maximum atomic E-state index is 13.3. The van der Waals surface area contributed by atoms with E-state index in [1.807, 2.05) is 32.1 Å². The Hall–Kier alpha value is -4.84. The van der Waals surface area contributed by atoms with E-state index in [2.05, 4.69) is 5.32 Å². The second-order valence-electron chi connectivity index (χ2n) is 20.9. The van der Waals surface area contributed by atoms with Crippen LogP contribution in [0.25, 0.3) is 0 Å². The van der Waals surface area contributed by atoms with Crippen molar-refractivity contribution in [3.63, 3.8) is 0 Å². The number of ether oxygens (including phenoxy) is 3. The summed E-state index contributed by atoms with van der Waals surface area (Å²) in [5, 5.41) is 111. The molecular formula is C59H88N2O17.